The molecule has 222 valence electrons. The summed E-state index contributed by atoms with van der Waals surface area (Å²) in [7, 11) is 1.65. The third kappa shape index (κ3) is 5.80. The molecule has 2 aromatic heterocycles. The summed E-state index contributed by atoms with van der Waals surface area (Å²) in [5.41, 5.74) is 5.48. The molecule has 0 radical (unpaired) electrons. The van der Waals surface area contributed by atoms with E-state index in [9.17, 15) is 10.1 Å². The van der Waals surface area contributed by atoms with Crippen LogP contribution in [0, 0.1) is 11.3 Å². The van der Waals surface area contributed by atoms with E-state index in [0.717, 1.165) is 17.5 Å². The number of H-pyrrole nitrogens is 1. The second kappa shape index (κ2) is 12.7. The monoisotopic (exact) mass is 606 g/mol. The smallest absolute Gasteiger partial charge is 0.254 e. The van der Waals surface area contributed by atoms with Gasteiger partial charge in [-0.1, -0.05) is 61.0 Å². The Hall–Kier alpha value is -4.98. The number of methoxy groups -OCH3 is 1. The minimum atomic E-state index is -0.464. The van der Waals surface area contributed by atoms with Gasteiger partial charge in [0.15, 0.2) is 0 Å². The lowest BCUT2D eigenvalue weighted by molar-refractivity contribution is -0.0192. The first-order valence-corrected chi connectivity index (χ1v) is 14.7. The predicted molar refractivity (Wildman–Crippen MR) is 170 cm³/mol. The minimum absolute atomic E-state index is 0.0296. The van der Waals surface area contributed by atoms with Gasteiger partial charge in [-0.2, -0.15) is 20.7 Å². The number of halogens is 1. The van der Waals surface area contributed by atoms with Crippen molar-refractivity contribution >= 4 is 39.8 Å². The number of fused-ring (bicyclic) bond motifs is 1. The number of hydrogen-bond acceptors (Lipinski definition) is 8. The summed E-state index contributed by atoms with van der Waals surface area (Å²) in [6, 6.07) is 23.1. The maximum atomic E-state index is 13.2. The van der Waals surface area contributed by atoms with Gasteiger partial charge in [0.05, 0.1) is 46.2 Å². The van der Waals surface area contributed by atoms with Gasteiger partial charge in [0.2, 0.25) is 0 Å². The molecule has 1 aliphatic rings. The van der Waals surface area contributed by atoms with Crippen LogP contribution in [-0.4, -0.2) is 57.5 Å². The number of anilines is 2. The Morgan fingerprint density at radius 3 is 2.61 bits per heavy atom. The predicted octanol–water partition coefficient (Wildman–Crippen LogP) is 6.11. The van der Waals surface area contributed by atoms with E-state index in [-0.39, 0.29) is 18.1 Å². The fourth-order valence-corrected chi connectivity index (χ4v) is 5.76. The maximum absolute atomic E-state index is 13.2. The van der Waals surface area contributed by atoms with Crippen molar-refractivity contribution < 1.29 is 9.53 Å². The molecule has 6 rings (SSSR count). The lowest BCUT2D eigenvalue weighted by Crippen LogP contribution is -2.54. The van der Waals surface area contributed by atoms with E-state index in [1.54, 1.807) is 30.5 Å². The second-order valence-electron chi connectivity index (χ2n) is 10.7. The van der Waals surface area contributed by atoms with E-state index in [1.165, 1.54) is 0 Å². The van der Waals surface area contributed by atoms with E-state index in [2.05, 4.69) is 56.2 Å². The highest BCUT2D eigenvalue weighted by atomic mass is 35.5. The SMILES string of the molecule is CCC(Nc1c(C#N)cnc2c(Cl)cc(NC(c3cccc(C(=O)N4CC(OC)C4)c3)c3cn[nH]n3)cc12)c1ccccc1. The number of benzene rings is 3. The van der Waals surface area contributed by atoms with Crippen LogP contribution < -0.4 is 10.6 Å². The Balaban J connectivity index is 1.37. The third-order valence-corrected chi connectivity index (χ3v) is 8.24. The molecule has 0 spiro atoms. The summed E-state index contributed by atoms with van der Waals surface area (Å²) in [5, 5.41) is 29.4. The number of carbonyl (C=O) groups is 1. The van der Waals surface area contributed by atoms with Gasteiger partial charge >= 0.3 is 0 Å². The molecule has 5 aromatic rings. The van der Waals surface area contributed by atoms with E-state index < -0.39 is 6.04 Å². The molecule has 1 aliphatic heterocycles. The number of hydrogen-bond donors (Lipinski definition) is 3. The van der Waals surface area contributed by atoms with Crippen molar-refractivity contribution in [2.45, 2.75) is 31.5 Å². The highest BCUT2D eigenvalue weighted by Crippen LogP contribution is 2.37. The molecule has 1 saturated heterocycles. The Labute approximate surface area is 260 Å². The van der Waals surface area contributed by atoms with Crippen molar-refractivity contribution in [3.05, 3.63) is 112 Å². The zero-order valence-corrected chi connectivity index (χ0v) is 25.0. The number of nitriles is 1. The molecule has 3 N–H and O–H groups in total. The summed E-state index contributed by atoms with van der Waals surface area (Å²) < 4.78 is 5.33. The molecule has 44 heavy (non-hydrogen) atoms. The number of aromatic amines is 1. The number of likely N-dealkylation sites (tertiary alicyclic amines) is 1. The first-order valence-electron chi connectivity index (χ1n) is 14.4. The normalized spacial score (nSPS) is 14.5. The van der Waals surface area contributed by atoms with Crippen molar-refractivity contribution in [3.63, 3.8) is 0 Å². The molecule has 11 heteroatoms. The van der Waals surface area contributed by atoms with Gasteiger partial charge in [-0.05, 0) is 41.8 Å². The largest absolute Gasteiger partial charge is 0.378 e. The van der Waals surface area contributed by atoms with Crippen LogP contribution in [0.15, 0.2) is 79.1 Å². The topological polar surface area (TPSA) is 132 Å². The summed E-state index contributed by atoms with van der Waals surface area (Å²) in [6.07, 6.45) is 4.06. The van der Waals surface area contributed by atoms with Gasteiger partial charge in [0, 0.05) is 43.0 Å². The summed E-state index contributed by atoms with van der Waals surface area (Å²) in [4.78, 5) is 19.5. The van der Waals surface area contributed by atoms with Crippen LogP contribution >= 0.6 is 11.6 Å². The highest BCUT2D eigenvalue weighted by molar-refractivity contribution is 6.35. The van der Waals surface area contributed by atoms with Crippen LogP contribution in [0.5, 0.6) is 0 Å². The van der Waals surface area contributed by atoms with Gasteiger partial charge in [-0.3, -0.25) is 9.78 Å². The third-order valence-electron chi connectivity index (χ3n) is 7.95. The average molecular weight is 607 g/mol. The molecule has 3 heterocycles. The molecule has 2 atom stereocenters. The van der Waals surface area contributed by atoms with E-state index >= 15 is 0 Å². The number of ether oxygens (including phenoxy) is 1. The van der Waals surface area contributed by atoms with Crippen LogP contribution in [0.25, 0.3) is 10.9 Å². The van der Waals surface area contributed by atoms with Gasteiger partial charge in [0.1, 0.15) is 11.8 Å². The van der Waals surface area contributed by atoms with Gasteiger partial charge in [-0.15, -0.1) is 0 Å². The fourth-order valence-electron chi connectivity index (χ4n) is 5.49. The van der Waals surface area contributed by atoms with Crippen LogP contribution in [0.4, 0.5) is 11.4 Å². The first-order chi connectivity index (χ1) is 21.5. The number of carbonyl (C=O) groups excluding carboxylic acids is 1. The van der Waals surface area contributed by atoms with Crippen molar-refractivity contribution in [3.8, 4) is 6.07 Å². The number of pyridine rings is 1. The fraction of sp³-hybridized carbons (Fsp3) is 0.242. The van der Waals surface area contributed by atoms with Crippen molar-refractivity contribution in [1.82, 2.24) is 25.3 Å². The number of amides is 1. The Kier molecular flexibility index (Phi) is 8.41. The quantitative estimate of drug-likeness (QED) is 0.173. The number of nitrogens with zero attached hydrogens (tertiary/aromatic N) is 5. The summed E-state index contributed by atoms with van der Waals surface area (Å²) >= 11 is 6.81. The van der Waals surface area contributed by atoms with Crippen LogP contribution in [0.2, 0.25) is 5.02 Å². The van der Waals surface area contributed by atoms with Crippen LogP contribution in [0.3, 0.4) is 0 Å². The molecule has 0 saturated carbocycles. The number of rotatable bonds is 10. The first kappa shape index (κ1) is 29.1. The van der Waals surface area contributed by atoms with Crippen LogP contribution in [0.1, 0.15) is 58.2 Å². The molecule has 1 fully saturated rings. The lowest BCUT2D eigenvalue weighted by atomic mass is 9.99. The Morgan fingerprint density at radius 2 is 1.91 bits per heavy atom. The zero-order valence-electron chi connectivity index (χ0n) is 24.3. The Bertz CT molecular complexity index is 1820. The number of aromatic nitrogens is 4. The van der Waals surface area contributed by atoms with Crippen molar-refractivity contribution in [2.75, 3.05) is 30.8 Å². The minimum Gasteiger partial charge on any atom is -0.378 e. The molecule has 10 nitrogen and oxygen atoms in total. The van der Waals surface area contributed by atoms with Gasteiger partial charge in [-0.25, -0.2) is 0 Å². The van der Waals surface area contributed by atoms with E-state index in [0.29, 0.717) is 57.2 Å². The molecule has 0 aliphatic carbocycles. The van der Waals surface area contributed by atoms with Gasteiger partial charge in [0.25, 0.3) is 5.91 Å². The highest BCUT2D eigenvalue weighted by Gasteiger charge is 2.31. The molecular weight excluding hydrogens is 576 g/mol. The average Bonchev–Trinajstić information content (AvgIpc) is 3.57. The second-order valence-corrected chi connectivity index (χ2v) is 11.1. The molecule has 0 bridgehead atoms. The van der Waals surface area contributed by atoms with Crippen LogP contribution in [-0.2, 0) is 4.74 Å². The maximum Gasteiger partial charge on any atom is 0.254 e. The summed E-state index contributed by atoms with van der Waals surface area (Å²) in [6.45, 7) is 3.23. The van der Waals surface area contributed by atoms with E-state index in [1.807, 2.05) is 48.5 Å². The molecular formula is C33H31ClN8O2. The molecule has 3 aromatic carbocycles. The number of nitrogens with one attached hydrogen (secondary N) is 3. The molecule has 1 amide bonds. The Morgan fingerprint density at radius 1 is 1.11 bits per heavy atom. The van der Waals surface area contributed by atoms with Gasteiger partial charge < -0.3 is 20.3 Å². The zero-order chi connectivity index (χ0) is 30.6. The summed E-state index contributed by atoms with van der Waals surface area (Å²) in [5.74, 6) is -0.0532. The van der Waals surface area contributed by atoms with E-state index in [4.69, 9.17) is 16.3 Å². The van der Waals surface area contributed by atoms with Crippen molar-refractivity contribution in [1.29, 1.82) is 5.26 Å². The molecule has 2 unspecified atom stereocenters. The van der Waals surface area contributed by atoms with Crippen molar-refractivity contribution in [2.24, 2.45) is 0 Å². The standard InChI is InChI=1S/C33H31ClN8O2/c1-3-28(20-8-5-4-6-9-20)39-30-23(15-35)16-36-32-26(30)13-24(14-27(32)34)38-31(29-17-37-41-40-29)21-10-7-11-22(12-21)33(43)42-18-25(19-42)44-2/h4-14,16-17,25,28,31,38H,3,18-19H2,1-2H3,(H,36,39)(H,37,40,41). The lowest BCUT2D eigenvalue weighted by Gasteiger charge is -2.38.